The average molecular weight is 591 g/mol. The van der Waals surface area contributed by atoms with Gasteiger partial charge in [-0.2, -0.15) is 0 Å². The lowest BCUT2D eigenvalue weighted by atomic mass is 10.0. The summed E-state index contributed by atoms with van der Waals surface area (Å²) in [7, 11) is 0. The Morgan fingerprint density at radius 2 is 0.690 bits per heavy atom. The summed E-state index contributed by atoms with van der Waals surface area (Å²) in [6, 6.07) is 0. The smallest absolute Gasteiger partial charge is 0.305 e. The molecular formula is C40H78O2. The number of hydrogen-bond donors (Lipinski definition) is 0. The number of allylic oxidation sites excluding steroid dienone is 2. The maximum atomic E-state index is 11.9. The topological polar surface area (TPSA) is 26.3 Å². The number of esters is 1. The molecule has 0 amide bonds. The van der Waals surface area contributed by atoms with Crippen LogP contribution in [0, 0.1) is 0 Å². The molecule has 2 nitrogen and oxygen atoms in total. The SMILES string of the molecule is CCCCC=CCCCCCCCC(=O)OCCCCCCCCCCCCCCCCCCCCCCCCCC. The number of carbonyl (C=O) groups excluding carboxylic acids is 1. The molecule has 0 saturated carbocycles. The fourth-order valence-electron chi connectivity index (χ4n) is 5.94. The van der Waals surface area contributed by atoms with Crippen LogP contribution < -0.4 is 0 Å². The molecule has 0 aromatic carbocycles. The number of unbranched alkanes of at least 4 members (excludes halogenated alkanes) is 30. The largest absolute Gasteiger partial charge is 0.466 e. The molecule has 0 unspecified atom stereocenters. The van der Waals surface area contributed by atoms with Gasteiger partial charge < -0.3 is 4.74 Å². The summed E-state index contributed by atoms with van der Waals surface area (Å²) < 4.78 is 5.44. The minimum atomic E-state index is 0.0166. The van der Waals surface area contributed by atoms with Crippen LogP contribution in [0.25, 0.3) is 0 Å². The highest BCUT2D eigenvalue weighted by atomic mass is 16.5. The third-order valence-corrected chi connectivity index (χ3v) is 8.90. The lowest BCUT2D eigenvalue weighted by Crippen LogP contribution is -2.05. The van der Waals surface area contributed by atoms with Crippen LogP contribution in [0.15, 0.2) is 12.2 Å². The first-order valence-electron chi connectivity index (χ1n) is 19.6. The second-order valence-electron chi connectivity index (χ2n) is 13.3. The van der Waals surface area contributed by atoms with Crippen molar-refractivity contribution in [3.8, 4) is 0 Å². The number of ether oxygens (including phenoxy) is 1. The van der Waals surface area contributed by atoms with Crippen molar-refractivity contribution in [2.45, 2.75) is 232 Å². The van der Waals surface area contributed by atoms with Gasteiger partial charge in [0, 0.05) is 6.42 Å². The van der Waals surface area contributed by atoms with Crippen LogP contribution >= 0.6 is 0 Å². The molecule has 0 bridgehead atoms. The molecule has 0 fully saturated rings. The molecule has 250 valence electrons. The highest BCUT2D eigenvalue weighted by molar-refractivity contribution is 5.69. The van der Waals surface area contributed by atoms with Crippen LogP contribution in [-0.2, 0) is 9.53 Å². The predicted octanol–water partition coefficient (Wildman–Crippen LogP) is 14.4. The maximum absolute atomic E-state index is 11.9. The van der Waals surface area contributed by atoms with Crippen molar-refractivity contribution < 1.29 is 9.53 Å². The summed E-state index contributed by atoms with van der Waals surface area (Å²) in [6.45, 7) is 5.17. The van der Waals surface area contributed by atoms with E-state index in [0.29, 0.717) is 13.0 Å². The summed E-state index contributed by atoms with van der Waals surface area (Å²) in [6.07, 6.45) is 50.1. The van der Waals surface area contributed by atoms with Crippen LogP contribution in [0.4, 0.5) is 0 Å². The first-order chi connectivity index (χ1) is 20.8. The molecule has 2 heteroatoms. The van der Waals surface area contributed by atoms with Crippen LogP contribution in [0.5, 0.6) is 0 Å². The Morgan fingerprint density at radius 1 is 0.381 bits per heavy atom. The number of hydrogen-bond acceptors (Lipinski definition) is 2. The summed E-state index contributed by atoms with van der Waals surface area (Å²) in [5.41, 5.74) is 0. The summed E-state index contributed by atoms with van der Waals surface area (Å²) in [5, 5.41) is 0. The second-order valence-corrected chi connectivity index (χ2v) is 13.3. The van der Waals surface area contributed by atoms with Crippen molar-refractivity contribution in [2.75, 3.05) is 6.61 Å². The standard InChI is InChI=1S/C40H78O2/c1-3-5-7-9-11-13-15-16-17-18-19-20-21-22-23-24-25-26-27-29-31-33-35-37-39-42-40(41)38-36-34-32-30-28-14-12-10-8-6-4-2/h10,12H,3-9,11,13-39H2,1-2H3. The Hall–Kier alpha value is -0.790. The number of carbonyl (C=O) groups is 1. The molecule has 0 radical (unpaired) electrons. The Bertz CT molecular complexity index is 526. The van der Waals surface area contributed by atoms with Crippen molar-refractivity contribution in [3.63, 3.8) is 0 Å². The Kier molecular flexibility index (Phi) is 37.5. The third kappa shape index (κ3) is 37.2. The summed E-state index contributed by atoms with van der Waals surface area (Å²) >= 11 is 0. The van der Waals surface area contributed by atoms with Gasteiger partial charge in [-0.05, 0) is 32.1 Å². The molecule has 0 aliphatic carbocycles. The second kappa shape index (κ2) is 38.2. The van der Waals surface area contributed by atoms with E-state index in [2.05, 4.69) is 26.0 Å². The zero-order valence-corrected chi connectivity index (χ0v) is 29.2. The highest BCUT2D eigenvalue weighted by Gasteiger charge is 2.02. The summed E-state index contributed by atoms with van der Waals surface area (Å²) in [5.74, 6) is 0.0166. The van der Waals surface area contributed by atoms with E-state index in [4.69, 9.17) is 4.74 Å². The first-order valence-corrected chi connectivity index (χ1v) is 19.6. The van der Waals surface area contributed by atoms with Gasteiger partial charge in [-0.1, -0.05) is 206 Å². The zero-order valence-electron chi connectivity index (χ0n) is 29.2. The molecule has 0 rings (SSSR count). The number of rotatable bonds is 36. The fourth-order valence-corrected chi connectivity index (χ4v) is 5.94. The van der Waals surface area contributed by atoms with Crippen molar-refractivity contribution in [3.05, 3.63) is 12.2 Å². The third-order valence-electron chi connectivity index (χ3n) is 8.90. The van der Waals surface area contributed by atoms with E-state index >= 15 is 0 Å². The summed E-state index contributed by atoms with van der Waals surface area (Å²) in [4.78, 5) is 11.9. The van der Waals surface area contributed by atoms with Crippen molar-refractivity contribution in [1.29, 1.82) is 0 Å². The molecular weight excluding hydrogens is 512 g/mol. The monoisotopic (exact) mass is 591 g/mol. The van der Waals surface area contributed by atoms with Gasteiger partial charge in [-0.15, -0.1) is 0 Å². The van der Waals surface area contributed by atoms with Crippen LogP contribution in [0.2, 0.25) is 0 Å². The van der Waals surface area contributed by atoms with Crippen LogP contribution in [0.1, 0.15) is 232 Å². The normalized spacial score (nSPS) is 11.6. The zero-order chi connectivity index (χ0) is 30.4. The van der Waals surface area contributed by atoms with E-state index in [1.165, 1.54) is 193 Å². The van der Waals surface area contributed by atoms with E-state index in [0.717, 1.165) is 19.3 Å². The van der Waals surface area contributed by atoms with Gasteiger partial charge in [0.05, 0.1) is 6.61 Å². The molecule has 0 aromatic heterocycles. The molecule has 0 heterocycles. The molecule has 42 heavy (non-hydrogen) atoms. The van der Waals surface area contributed by atoms with Gasteiger partial charge in [-0.3, -0.25) is 4.79 Å². The van der Waals surface area contributed by atoms with Crippen molar-refractivity contribution in [1.82, 2.24) is 0 Å². The fraction of sp³-hybridized carbons (Fsp3) is 0.925. The molecule has 0 spiro atoms. The van der Waals surface area contributed by atoms with Gasteiger partial charge in [0.25, 0.3) is 0 Å². The van der Waals surface area contributed by atoms with Crippen LogP contribution in [-0.4, -0.2) is 12.6 Å². The lowest BCUT2D eigenvalue weighted by Gasteiger charge is -2.06. The molecule has 0 aliphatic rings. The molecule has 0 saturated heterocycles. The van der Waals surface area contributed by atoms with E-state index in [9.17, 15) is 4.79 Å². The lowest BCUT2D eigenvalue weighted by molar-refractivity contribution is -0.143. The highest BCUT2D eigenvalue weighted by Crippen LogP contribution is 2.16. The van der Waals surface area contributed by atoms with Gasteiger partial charge in [0.15, 0.2) is 0 Å². The predicted molar refractivity (Wildman–Crippen MR) is 188 cm³/mol. The Morgan fingerprint density at radius 3 is 1.10 bits per heavy atom. The van der Waals surface area contributed by atoms with E-state index in [1.54, 1.807) is 0 Å². The molecule has 0 aromatic rings. The minimum Gasteiger partial charge on any atom is -0.466 e. The molecule has 0 atom stereocenters. The minimum absolute atomic E-state index is 0.0166. The maximum Gasteiger partial charge on any atom is 0.305 e. The van der Waals surface area contributed by atoms with Gasteiger partial charge in [0.2, 0.25) is 0 Å². The van der Waals surface area contributed by atoms with E-state index in [1.807, 2.05) is 0 Å². The first kappa shape index (κ1) is 41.2. The van der Waals surface area contributed by atoms with Gasteiger partial charge in [-0.25, -0.2) is 0 Å². The average Bonchev–Trinajstić information content (AvgIpc) is 3.00. The van der Waals surface area contributed by atoms with Gasteiger partial charge >= 0.3 is 5.97 Å². The Balaban J connectivity index is 3.14. The molecule has 0 N–H and O–H groups in total. The van der Waals surface area contributed by atoms with Crippen LogP contribution in [0.3, 0.4) is 0 Å². The molecule has 0 aliphatic heterocycles. The van der Waals surface area contributed by atoms with Crippen molar-refractivity contribution >= 4 is 5.97 Å². The van der Waals surface area contributed by atoms with Crippen molar-refractivity contribution in [2.24, 2.45) is 0 Å². The van der Waals surface area contributed by atoms with Gasteiger partial charge in [0.1, 0.15) is 0 Å². The van der Waals surface area contributed by atoms with E-state index < -0.39 is 0 Å². The van der Waals surface area contributed by atoms with E-state index in [-0.39, 0.29) is 5.97 Å². The Labute approximate surface area is 266 Å². The quantitative estimate of drug-likeness (QED) is 0.0412.